The lowest BCUT2D eigenvalue weighted by atomic mass is 10.1. The van der Waals surface area contributed by atoms with Gasteiger partial charge in [-0.15, -0.1) is 0 Å². The van der Waals surface area contributed by atoms with Gasteiger partial charge in [0.2, 0.25) is 0 Å². The first-order chi connectivity index (χ1) is 9.63. The highest BCUT2D eigenvalue weighted by molar-refractivity contribution is 5.43. The van der Waals surface area contributed by atoms with E-state index in [0.29, 0.717) is 11.5 Å². The summed E-state index contributed by atoms with van der Waals surface area (Å²) in [6.07, 6.45) is 0. The molecule has 3 heteroatoms. The fourth-order valence-corrected chi connectivity index (χ4v) is 2.17. The van der Waals surface area contributed by atoms with Crippen molar-refractivity contribution in [1.82, 2.24) is 5.32 Å². The summed E-state index contributed by atoms with van der Waals surface area (Å²) in [4.78, 5) is 0. The van der Waals surface area contributed by atoms with Crippen molar-refractivity contribution in [2.45, 2.75) is 26.8 Å². The molecule has 0 amide bonds. The Morgan fingerprint density at radius 3 is 2.60 bits per heavy atom. The van der Waals surface area contributed by atoms with Crippen LogP contribution in [0.1, 0.15) is 31.0 Å². The molecule has 20 heavy (non-hydrogen) atoms. The third-order valence-corrected chi connectivity index (χ3v) is 3.28. The van der Waals surface area contributed by atoms with Crippen molar-refractivity contribution in [3.8, 4) is 11.5 Å². The molecular weight excluding hydrogens is 253 g/mol. The normalized spacial score (nSPS) is 12.2. The molecule has 0 saturated heterocycles. The largest absolute Gasteiger partial charge is 0.454 e. The molecule has 0 aliphatic carbocycles. The maximum absolute atomic E-state index is 14.1. The van der Waals surface area contributed by atoms with E-state index in [0.717, 1.165) is 17.7 Å². The zero-order valence-corrected chi connectivity index (χ0v) is 12.1. The van der Waals surface area contributed by atoms with Gasteiger partial charge in [0.15, 0.2) is 11.6 Å². The molecular formula is C17H20FNO. The van der Waals surface area contributed by atoms with Crippen molar-refractivity contribution in [1.29, 1.82) is 0 Å². The van der Waals surface area contributed by atoms with Crippen LogP contribution in [0.3, 0.4) is 0 Å². The predicted octanol–water partition coefficient (Wildman–Crippen LogP) is 4.60. The molecule has 1 N–H and O–H groups in total. The first-order valence-electron chi connectivity index (χ1n) is 6.88. The molecule has 1 unspecified atom stereocenters. The van der Waals surface area contributed by atoms with Gasteiger partial charge >= 0.3 is 0 Å². The molecule has 0 spiro atoms. The Balaban J connectivity index is 2.38. The summed E-state index contributed by atoms with van der Waals surface area (Å²) in [7, 11) is 0. The summed E-state index contributed by atoms with van der Waals surface area (Å²) in [5.74, 6) is 0.647. The molecule has 0 heterocycles. The molecule has 0 aliphatic rings. The van der Waals surface area contributed by atoms with E-state index in [1.54, 1.807) is 6.07 Å². The smallest absolute Gasteiger partial charge is 0.167 e. The van der Waals surface area contributed by atoms with Crippen molar-refractivity contribution >= 4 is 0 Å². The van der Waals surface area contributed by atoms with E-state index in [2.05, 4.69) is 5.32 Å². The van der Waals surface area contributed by atoms with Crippen LogP contribution in [0.4, 0.5) is 4.39 Å². The van der Waals surface area contributed by atoms with Crippen LogP contribution in [-0.4, -0.2) is 6.54 Å². The Kier molecular flexibility index (Phi) is 4.74. The topological polar surface area (TPSA) is 21.3 Å². The Morgan fingerprint density at radius 1 is 1.15 bits per heavy atom. The van der Waals surface area contributed by atoms with E-state index in [9.17, 15) is 4.39 Å². The second kappa shape index (κ2) is 6.53. The molecule has 0 bridgehead atoms. The average molecular weight is 273 g/mol. The number of rotatable bonds is 5. The summed E-state index contributed by atoms with van der Waals surface area (Å²) in [5.41, 5.74) is 1.81. The van der Waals surface area contributed by atoms with E-state index < -0.39 is 0 Å². The Hall–Kier alpha value is -1.87. The molecule has 0 aromatic heterocycles. The van der Waals surface area contributed by atoms with Gasteiger partial charge in [-0.1, -0.05) is 37.3 Å². The zero-order valence-electron chi connectivity index (χ0n) is 12.1. The van der Waals surface area contributed by atoms with Crippen LogP contribution in [0.25, 0.3) is 0 Å². The highest BCUT2D eigenvalue weighted by Crippen LogP contribution is 2.33. The number of hydrogen-bond donors (Lipinski definition) is 1. The molecule has 0 saturated carbocycles. The van der Waals surface area contributed by atoms with Gasteiger partial charge in [-0.25, -0.2) is 4.39 Å². The summed E-state index contributed by atoms with van der Waals surface area (Å²) >= 11 is 0. The minimum absolute atomic E-state index is 0.0368. The van der Waals surface area contributed by atoms with Crippen molar-refractivity contribution < 1.29 is 9.13 Å². The number of aryl methyl sites for hydroxylation is 1. The number of hydrogen-bond acceptors (Lipinski definition) is 2. The molecule has 2 aromatic carbocycles. The summed E-state index contributed by atoms with van der Waals surface area (Å²) in [6, 6.07) is 12.7. The molecule has 2 rings (SSSR count). The third kappa shape index (κ3) is 3.17. The van der Waals surface area contributed by atoms with Gasteiger partial charge in [0.25, 0.3) is 0 Å². The Labute approximate surface area is 119 Å². The number of nitrogens with one attached hydrogen (secondary N) is 1. The van der Waals surface area contributed by atoms with Gasteiger partial charge in [-0.05, 0) is 38.1 Å². The average Bonchev–Trinajstić information content (AvgIpc) is 2.43. The van der Waals surface area contributed by atoms with Gasteiger partial charge in [-0.3, -0.25) is 0 Å². The van der Waals surface area contributed by atoms with Gasteiger partial charge in [0, 0.05) is 11.6 Å². The van der Waals surface area contributed by atoms with E-state index >= 15 is 0 Å². The molecule has 2 nitrogen and oxygen atoms in total. The van der Waals surface area contributed by atoms with Gasteiger partial charge in [0.05, 0.1) is 0 Å². The highest BCUT2D eigenvalue weighted by Gasteiger charge is 2.16. The molecule has 106 valence electrons. The van der Waals surface area contributed by atoms with E-state index in [1.807, 2.05) is 51.1 Å². The standard InChI is InChI=1S/C17H20FNO/c1-4-19-13(3)14-9-7-10-15(18)17(14)20-16-11-6-5-8-12(16)2/h5-11,13,19H,4H2,1-3H3. The van der Waals surface area contributed by atoms with E-state index in [4.69, 9.17) is 4.74 Å². The SMILES string of the molecule is CCNC(C)c1cccc(F)c1Oc1ccccc1C. The second-order valence-electron chi connectivity index (χ2n) is 4.81. The van der Waals surface area contributed by atoms with Crippen LogP contribution in [0.5, 0.6) is 11.5 Å². The van der Waals surface area contributed by atoms with Crippen LogP contribution in [0, 0.1) is 12.7 Å². The molecule has 0 fully saturated rings. The number of ether oxygens (including phenoxy) is 1. The summed E-state index contributed by atoms with van der Waals surface area (Å²) < 4.78 is 19.9. The van der Waals surface area contributed by atoms with Crippen LogP contribution in [-0.2, 0) is 0 Å². The van der Waals surface area contributed by atoms with Crippen LogP contribution in [0.2, 0.25) is 0 Å². The molecule has 1 atom stereocenters. The fourth-order valence-electron chi connectivity index (χ4n) is 2.17. The van der Waals surface area contributed by atoms with Crippen molar-refractivity contribution in [3.05, 3.63) is 59.4 Å². The van der Waals surface area contributed by atoms with Gasteiger partial charge in [0.1, 0.15) is 5.75 Å². The van der Waals surface area contributed by atoms with Crippen molar-refractivity contribution in [3.63, 3.8) is 0 Å². The Bertz CT molecular complexity index is 583. The number of para-hydroxylation sites is 2. The van der Waals surface area contributed by atoms with E-state index in [-0.39, 0.29) is 11.9 Å². The lowest BCUT2D eigenvalue weighted by molar-refractivity contribution is 0.424. The molecule has 0 aliphatic heterocycles. The monoisotopic (exact) mass is 273 g/mol. The van der Waals surface area contributed by atoms with Crippen LogP contribution in [0.15, 0.2) is 42.5 Å². The quantitative estimate of drug-likeness (QED) is 0.859. The summed E-state index contributed by atoms with van der Waals surface area (Å²) in [6.45, 7) is 6.80. The number of halogens is 1. The van der Waals surface area contributed by atoms with Crippen molar-refractivity contribution in [2.24, 2.45) is 0 Å². The van der Waals surface area contributed by atoms with Gasteiger partial charge < -0.3 is 10.1 Å². The third-order valence-electron chi connectivity index (χ3n) is 3.28. The maximum Gasteiger partial charge on any atom is 0.167 e. The Morgan fingerprint density at radius 2 is 1.90 bits per heavy atom. The first-order valence-corrected chi connectivity index (χ1v) is 6.88. The molecule has 2 aromatic rings. The lowest BCUT2D eigenvalue weighted by Crippen LogP contribution is -2.18. The van der Waals surface area contributed by atoms with Gasteiger partial charge in [-0.2, -0.15) is 0 Å². The fraction of sp³-hybridized carbons (Fsp3) is 0.294. The first kappa shape index (κ1) is 14.5. The number of benzene rings is 2. The molecule has 0 radical (unpaired) electrons. The van der Waals surface area contributed by atoms with E-state index in [1.165, 1.54) is 6.07 Å². The highest BCUT2D eigenvalue weighted by atomic mass is 19.1. The van der Waals surface area contributed by atoms with Crippen LogP contribution < -0.4 is 10.1 Å². The van der Waals surface area contributed by atoms with Crippen LogP contribution >= 0.6 is 0 Å². The second-order valence-corrected chi connectivity index (χ2v) is 4.81. The zero-order chi connectivity index (χ0) is 14.5. The van der Waals surface area contributed by atoms with Crippen molar-refractivity contribution in [2.75, 3.05) is 6.54 Å². The minimum Gasteiger partial charge on any atom is -0.454 e. The lowest BCUT2D eigenvalue weighted by Gasteiger charge is -2.18. The summed E-state index contributed by atoms with van der Waals surface area (Å²) in [5, 5.41) is 3.28. The predicted molar refractivity (Wildman–Crippen MR) is 79.7 cm³/mol. The minimum atomic E-state index is -0.337. The maximum atomic E-state index is 14.1.